The maximum atomic E-state index is 12.7. The first-order valence-electron chi connectivity index (χ1n) is 8.84. The number of aliphatic hydroxyl groups excluding tert-OH is 1. The molecule has 0 saturated carbocycles. The second-order valence-corrected chi connectivity index (χ2v) is 7.47. The zero-order chi connectivity index (χ0) is 20.6. The number of ketones is 1. The standard InChI is InChI=1S/C20H29NO6/c1-13(18(24)26-5)10-17(23)16(21-19(25)27-20(2,3)4)11-14-6-8-15(12-22)9-7-14/h6-9,13,16,22H,10-12H2,1-5H3,(H,21,25). The molecule has 1 aromatic carbocycles. The van der Waals surface area contributed by atoms with Crippen LogP contribution < -0.4 is 5.32 Å². The number of benzene rings is 1. The number of carbonyl (C=O) groups excluding carboxylic acids is 3. The second kappa shape index (κ2) is 10.1. The number of ether oxygens (including phenoxy) is 2. The van der Waals surface area contributed by atoms with Gasteiger partial charge in [0.1, 0.15) is 5.60 Å². The summed E-state index contributed by atoms with van der Waals surface area (Å²) in [7, 11) is 1.27. The van der Waals surface area contributed by atoms with Crippen molar-refractivity contribution in [1.82, 2.24) is 5.32 Å². The van der Waals surface area contributed by atoms with Gasteiger partial charge >= 0.3 is 12.1 Å². The van der Waals surface area contributed by atoms with E-state index in [1.165, 1.54) is 7.11 Å². The van der Waals surface area contributed by atoms with Gasteiger partial charge in [0.05, 0.1) is 25.7 Å². The lowest BCUT2D eigenvalue weighted by Crippen LogP contribution is -2.45. The summed E-state index contributed by atoms with van der Waals surface area (Å²) < 4.78 is 9.90. The summed E-state index contributed by atoms with van der Waals surface area (Å²) in [5, 5.41) is 11.7. The first-order valence-corrected chi connectivity index (χ1v) is 8.84. The summed E-state index contributed by atoms with van der Waals surface area (Å²) in [6.45, 7) is 6.73. The third-order valence-electron chi connectivity index (χ3n) is 3.84. The SMILES string of the molecule is COC(=O)C(C)CC(=O)C(Cc1ccc(CO)cc1)NC(=O)OC(C)(C)C. The van der Waals surface area contributed by atoms with Crippen molar-refractivity contribution in [3.05, 3.63) is 35.4 Å². The molecule has 0 aromatic heterocycles. The summed E-state index contributed by atoms with van der Waals surface area (Å²) in [4.78, 5) is 36.4. The molecule has 150 valence electrons. The maximum absolute atomic E-state index is 12.7. The van der Waals surface area contributed by atoms with Gasteiger partial charge in [0, 0.05) is 6.42 Å². The van der Waals surface area contributed by atoms with Crippen molar-refractivity contribution < 1.29 is 29.0 Å². The van der Waals surface area contributed by atoms with Crippen LogP contribution in [0.3, 0.4) is 0 Å². The van der Waals surface area contributed by atoms with Gasteiger partial charge in [-0.3, -0.25) is 9.59 Å². The summed E-state index contributed by atoms with van der Waals surface area (Å²) in [5.41, 5.74) is 0.869. The summed E-state index contributed by atoms with van der Waals surface area (Å²) in [6, 6.07) is 6.23. The highest BCUT2D eigenvalue weighted by molar-refractivity contribution is 5.90. The summed E-state index contributed by atoms with van der Waals surface area (Å²) >= 11 is 0. The van der Waals surface area contributed by atoms with Gasteiger partial charge in [-0.25, -0.2) is 4.79 Å². The molecule has 0 fully saturated rings. The molecule has 2 atom stereocenters. The molecule has 0 spiro atoms. The largest absolute Gasteiger partial charge is 0.469 e. The zero-order valence-corrected chi connectivity index (χ0v) is 16.6. The minimum atomic E-state index is -0.841. The Morgan fingerprint density at radius 3 is 2.15 bits per heavy atom. The zero-order valence-electron chi connectivity index (χ0n) is 16.6. The van der Waals surface area contributed by atoms with E-state index in [0.29, 0.717) is 0 Å². The third-order valence-corrected chi connectivity index (χ3v) is 3.84. The number of hydrogen-bond donors (Lipinski definition) is 2. The second-order valence-electron chi connectivity index (χ2n) is 7.47. The molecule has 0 aliphatic heterocycles. The lowest BCUT2D eigenvalue weighted by molar-refractivity contribution is -0.146. The molecular weight excluding hydrogens is 350 g/mol. The topological polar surface area (TPSA) is 102 Å². The van der Waals surface area contributed by atoms with Gasteiger partial charge in [-0.1, -0.05) is 31.2 Å². The van der Waals surface area contributed by atoms with Gasteiger partial charge < -0.3 is 19.9 Å². The molecule has 2 unspecified atom stereocenters. The number of aliphatic hydroxyl groups is 1. The van der Waals surface area contributed by atoms with Crippen LogP contribution in [0, 0.1) is 5.92 Å². The van der Waals surface area contributed by atoms with Crippen molar-refractivity contribution >= 4 is 17.8 Å². The minimum absolute atomic E-state index is 0.0537. The molecule has 7 heteroatoms. The van der Waals surface area contributed by atoms with E-state index in [-0.39, 0.29) is 25.2 Å². The molecule has 0 aliphatic carbocycles. The molecule has 1 rings (SSSR count). The highest BCUT2D eigenvalue weighted by Crippen LogP contribution is 2.13. The normalized spacial score (nSPS) is 13.4. The van der Waals surface area contributed by atoms with Crippen LogP contribution in [0.4, 0.5) is 4.79 Å². The van der Waals surface area contributed by atoms with Gasteiger partial charge in [-0.15, -0.1) is 0 Å². The highest BCUT2D eigenvalue weighted by atomic mass is 16.6. The number of nitrogens with one attached hydrogen (secondary N) is 1. The van der Waals surface area contributed by atoms with Crippen molar-refractivity contribution in [2.24, 2.45) is 5.92 Å². The predicted octanol–water partition coefficient (Wildman–Crippen LogP) is 2.38. The Labute approximate surface area is 160 Å². The fourth-order valence-corrected chi connectivity index (χ4v) is 2.44. The van der Waals surface area contributed by atoms with Crippen molar-refractivity contribution in [2.75, 3.05) is 7.11 Å². The van der Waals surface area contributed by atoms with Crippen molar-refractivity contribution in [3.63, 3.8) is 0 Å². The quantitative estimate of drug-likeness (QED) is 0.673. The Morgan fingerprint density at radius 1 is 1.11 bits per heavy atom. The van der Waals surface area contributed by atoms with E-state index in [4.69, 9.17) is 9.84 Å². The lowest BCUT2D eigenvalue weighted by atomic mass is 9.95. The van der Waals surface area contributed by atoms with E-state index in [2.05, 4.69) is 10.1 Å². The molecule has 0 bridgehead atoms. The molecule has 2 N–H and O–H groups in total. The Morgan fingerprint density at radius 2 is 1.67 bits per heavy atom. The molecule has 1 amide bonds. The third kappa shape index (κ3) is 8.21. The van der Waals surface area contributed by atoms with Crippen LogP contribution in [-0.4, -0.2) is 41.7 Å². The number of amides is 1. The van der Waals surface area contributed by atoms with Crippen molar-refractivity contribution in [3.8, 4) is 0 Å². The van der Waals surface area contributed by atoms with Gasteiger partial charge in [0.2, 0.25) is 0 Å². The van der Waals surface area contributed by atoms with Crippen molar-refractivity contribution in [1.29, 1.82) is 0 Å². The average Bonchev–Trinajstić information content (AvgIpc) is 2.59. The van der Waals surface area contributed by atoms with Crippen LogP contribution in [0.25, 0.3) is 0 Å². The average molecular weight is 379 g/mol. The molecule has 7 nitrogen and oxygen atoms in total. The van der Waals surface area contributed by atoms with Crippen LogP contribution in [0.15, 0.2) is 24.3 Å². The van der Waals surface area contributed by atoms with E-state index < -0.39 is 29.6 Å². The van der Waals surface area contributed by atoms with Gasteiger partial charge in [-0.2, -0.15) is 0 Å². The first kappa shape index (κ1) is 22.6. The Hall–Kier alpha value is -2.41. The van der Waals surface area contributed by atoms with Crippen LogP contribution in [0.1, 0.15) is 45.2 Å². The van der Waals surface area contributed by atoms with E-state index in [9.17, 15) is 14.4 Å². The molecule has 0 saturated heterocycles. The van der Waals surface area contributed by atoms with E-state index in [0.717, 1.165) is 11.1 Å². The summed E-state index contributed by atoms with van der Waals surface area (Å²) in [6.07, 6.45) is -0.502. The van der Waals surface area contributed by atoms with Gasteiger partial charge in [0.25, 0.3) is 0 Å². The molecule has 0 aliphatic rings. The summed E-state index contributed by atoms with van der Waals surface area (Å²) in [5.74, 6) is -1.38. The fourth-order valence-electron chi connectivity index (χ4n) is 2.44. The van der Waals surface area contributed by atoms with Crippen LogP contribution >= 0.6 is 0 Å². The van der Waals surface area contributed by atoms with Crippen LogP contribution in [0.2, 0.25) is 0 Å². The molecular formula is C20H29NO6. The fraction of sp³-hybridized carbons (Fsp3) is 0.550. The predicted molar refractivity (Wildman–Crippen MR) is 100 cm³/mol. The number of hydrogen-bond acceptors (Lipinski definition) is 6. The lowest BCUT2D eigenvalue weighted by Gasteiger charge is -2.24. The van der Waals surface area contributed by atoms with E-state index in [1.54, 1.807) is 52.0 Å². The number of methoxy groups -OCH3 is 1. The molecule has 1 aromatic rings. The van der Waals surface area contributed by atoms with E-state index in [1.807, 2.05) is 0 Å². The Balaban J connectivity index is 2.91. The number of esters is 1. The first-order chi connectivity index (χ1) is 12.6. The molecule has 27 heavy (non-hydrogen) atoms. The monoisotopic (exact) mass is 379 g/mol. The Kier molecular flexibility index (Phi) is 8.43. The number of Topliss-reactive ketones (excluding diaryl/α,β-unsaturated/α-hetero) is 1. The number of rotatable bonds is 8. The Bertz CT molecular complexity index is 647. The van der Waals surface area contributed by atoms with Crippen LogP contribution in [-0.2, 0) is 32.1 Å². The smallest absolute Gasteiger partial charge is 0.408 e. The van der Waals surface area contributed by atoms with Gasteiger partial charge in [-0.05, 0) is 38.3 Å². The number of carbonyl (C=O) groups is 3. The maximum Gasteiger partial charge on any atom is 0.408 e. The van der Waals surface area contributed by atoms with E-state index >= 15 is 0 Å². The highest BCUT2D eigenvalue weighted by Gasteiger charge is 2.27. The molecule has 0 radical (unpaired) electrons. The van der Waals surface area contributed by atoms with Gasteiger partial charge in [0.15, 0.2) is 5.78 Å². The minimum Gasteiger partial charge on any atom is -0.469 e. The van der Waals surface area contributed by atoms with Crippen LogP contribution in [0.5, 0.6) is 0 Å². The van der Waals surface area contributed by atoms with Crippen molar-refractivity contribution in [2.45, 2.75) is 58.8 Å². The number of alkyl carbamates (subject to hydrolysis) is 1. The molecule has 0 heterocycles.